The van der Waals surface area contributed by atoms with E-state index in [1.54, 1.807) is 6.92 Å². The number of nitrogens with one attached hydrogen (secondary N) is 1. The maximum absolute atomic E-state index is 12.1. The van der Waals surface area contributed by atoms with Crippen LogP contribution in [-0.2, 0) is 14.3 Å². The third kappa shape index (κ3) is 4.54. The van der Waals surface area contributed by atoms with Crippen LogP contribution < -0.4 is 11.1 Å². The van der Waals surface area contributed by atoms with Gasteiger partial charge in [0, 0.05) is 17.7 Å². The van der Waals surface area contributed by atoms with Crippen molar-refractivity contribution in [3.63, 3.8) is 0 Å². The largest absolute Gasteiger partial charge is 0.391 e. The molecule has 2 atom stereocenters. The molecule has 126 valence electrons. The molecule has 1 aliphatic rings. The van der Waals surface area contributed by atoms with Gasteiger partial charge >= 0.3 is 0 Å². The first-order valence-corrected chi connectivity index (χ1v) is 7.53. The minimum absolute atomic E-state index is 0.00239. The van der Waals surface area contributed by atoms with E-state index in [9.17, 15) is 14.9 Å². The first-order valence-electron chi connectivity index (χ1n) is 7.16. The predicted molar refractivity (Wildman–Crippen MR) is 85.5 cm³/mol. The topological polar surface area (TPSA) is 117 Å². The van der Waals surface area contributed by atoms with E-state index in [2.05, 4.69) is 5.32 Å². The number of rotatable bonds is 6. The third-order valence-corrected chi connectivity index (χ3v) is 3.72. The van der Waals surface area contributed by atoms with Crippen LogP contribution >= 0.6 is 11.6 Å². The zero-order valence-corrected chi connectivity index (χ0v) is 13.3. The highest BCUT2D eigenvalue weighted by Crippen LogP contribution is 2.33. The van der Waals surface area contributed by atoms with Gasteiger partial charge in [-0.1, -0.05) is 11.6 Å². The van der Waals surface area contributed by atoms with Crippen LogP contribution in [0.3, 0.4) is 0 Å². The SMILES string of the molecule is CC(OCC1CCCO1)C(=O)Nc1cc(Cl)cc([N+](=O)[O-])c1N. The van der Waals surface area contributed by atoms with Gasteiger partial charge in [-0.15, -0.1) is 0 Å². The van der Waals surface area contributed by atoms with E-state index in [1.807, 2.05) is 0 Å². The van der Waals surface area contributed by atoms with E-state index in [4.69, 9.17) is 26.8 Å². The van der Waals surface area contributed by atoms with Crippen molar-refractivity contribution in [2.24, 2.45) is 0 Å². The summed E-state index contributed by atoms with van der Waals surface area (Å²) in [5.41, 5.74) is 5.27. The molecule has 1 heterocycles. The second kappa shape index (κ2) is 7.58. The minimum atomic E-state index is -0.753. The Bertz CT molecular complexity index is 604. The van der Waals surface area contributed by atoms with E-state index >= 15 is 0 Å². The smallest absolute Gasteiger partial charge is 0.295 e. The Labute approximate surface area is 138 Å². The predicted octanol–water partition coefficient (Wildman–Crippen LogP) is 2.35. The second-order valence-corrected chi connectivity index (χ2v) is 5.68. The van der Waals surface area contributed by atoms with Gasteiger partial charge in [-0.3, -0.25) is 14.9 Å². The van der Waals surface area contributed by atoms with Crippen molar-refractivity contribution >= 4 is 34.6 Å². The average Bonchev–Trinajstić information content (AvgIpc) is 3.01. The number of hydrogen-bond donors (Lipinski definition) is 2. The van der Waals surface area contributed by atoms with Crippen molar-refractivity contribution in [1.82, 2.24) is 0 Å². The molecule has 0 saturated carbocycles. The number of nitrogen functional groups attached to an aromatic ring is 1. The number of nitrogens with two attached hydrogens (primary N) is 1. The third-order valence-electron chi connectivity index (χ3n) is 3.50. The fraction of sp³-hybridized carbons (Fsp3) is 0.500. The maximum atomic E-state index is 12.1. The first kappa shape index (κ1) is 17.5. The molecule has 2 unspecified atom stereocenters. The van der Waals surface area contributed by atoms with Gasteiger partial charge in [0.05, 0.1) is 23.3 Å². The Morgan fingerprint density at radius 1 is 1.65 bits per heavy atom. The van der Waals surface area contributed by atoms with Crippen LogP contribution in [0, 0.1) is 10.1 Å². The first-order chi connectivity index (χ1) is 10.9. The average molecular weight is 344 g/mol. The lowest BCUT2D eigenvalue weighted by molar-refractivity contribution is -0.383. The highest BCUT2D eigenvalue weighted by Gasteiger charge is 2.22. The van der Waals surface area contributed by atoms with E-state index in [0.29, 0.717) is 13.2 Å². The van der Waals surface area contributed by atoms with Crippen LogP contribution in [0.4, 0.5) is 17.1 Å². The molecule has 0 aliphatic carbocycles. The van der Waals surface area contributed by atoms with Crippen LogP contribution in [0.15, 0.2) is 12.1 Å². The number of benzene rings is 1. The monoisotopic (exact) mass is 343 g/mol. The summed E-state index contributed by atoms with van der Waals surface area (Å²) in [4.78, 5) is 22.4. The van der Waals surface area contributed by atoms with Gasteiger partial charge in [-0.25, -0.2) is 0 Å². The molecule has 1 aliphatic heterocycles. The maximum Gasteiger partial charge on any atom is 0.295 e. The van der Waals surface area contributed by atoms with Crippen LogP contribution in [0.5, 0.6) is 0 Å². The van der Waals surface area contributed by atoms with E-state index < -0.39 is 16.9 Å². The summed E-state index contributed by atoms with van der Waals surface area (Å²) in [5.74, 6) is -0.466. The number of anilines is 2. The molecule has 0 aromatic heterocycles. The van der Waals surface area contributed by atoms with Gasteiger partial charge in [0.1, 0.15) is 11.8 Å². The second-order valence-electron chi connectivity index (χ2n) is 5.24. The lowest BCUT2D eigenvalue weighted by Crippen LogP contribution is -2.30. The molecule has 1 aromatic rings. The standard InChI is InChI=1S/C14H18ClN3O5/c1-8(23-7-10-3-2-4-22-10)14(19)17-11-5-9(15)6-12(13(11)16)18(20)21/h5-6,8,10H,2-4,7,16H2,1H3,(H,17,19). The lowest BCUT2D eigenvalue weighted by Gasteiger charge is -2.17. The van der Waals surface area contributed by atoms with Gasteiger partial charge in [-0.05, 0) is 25.8 Å². The van der Waals surface area contributed by atoms with Gasteiger partial charge < -0.3 is 20.5 Å². The van der Waals surface area contributed by atoms with E-state index in [0.717, 1.165) is 18.9 Å². The minimum Gasteiger partial charge on any atom is -0.391 e. The molecule has 1 saturated heterocycles. The molecule has 1 fully saturated rings. The number of nitro benzene ring substituents is 1. The summed E-state index contributed by atoms with van der Waals surface area (Å²) >= 11 is 5.82. The fourth-order valence-corrected chi connectivity index (χ4v) is 2.41. The number of hydrogen-bond acceptors (Lipinski definition) is 6. The van der Waals surface area contributed by atoms with Crippen LogP contribution in [-0.4, -0.2) is 36.3 Å². The summed E-state index contributed by atoms with van der Waals surface area (Å²) in [7, 11) is 0. The zero-order chi connectivity index (χ0) is 17.0. The van der Waals surface area contributed by atoms with Crippen molar-refractivity contribution in [3.8, 4) is 0 Å². The summed E-state index contributed by atoms with van der Waals surface area (Å²) in [6.07, 6.45) is 1.14. The molecule has 3 N–H and O–H groups in total. The number of nitro groups is 1. The van der Waals surface area contributed by atoms with E-state index in [-0.39, 0.29) is 28.2 Å². The molecule has 0 spiro atoms. The number of carbonyl (C=O) groups is 1. The molecular formula is C14H18ClN3O5. The molecule has 0 radical (unpaired) electrons. The number of amides is 1. The molecule has 8 nitrogen and oxygen atoms in total. The van der Waals surface area contributed by atoms with Crippen molar-refractivity contribution < 1.29 is 19.2 Å². The summed E-state index contributed by atoms with van der Waals surface area (Å²) in [5, 5.41) is 13.5. The number of ether oxygens (including phenoxy) is 2. The van der Waals surface area contributed by atoms with E-state index in [1.165, 1.54) is 6.07 Å². The van der Waals surface area contributed by atoms with Gasteiger partial charge in [0.2, 0.25) is 0 Å². The Balaban J connectivity index is 2.00. The molecule has 9 heteroatoms. The quantitative estimate of drug-likeness (QED) is 0.465. The van der Waals surface area contributed by atoms with Crippen LogP contribution in [0.25, 0.3) is 0 Å². The summed E-state index contributed by atoms with van der Waals surface area (Å²) in [6.45, 7) is 2.61. The zero-order valence-electron chi connectivity index (χ0n) is 12.6. The highest BCUT2D eigenvalue weighted by molar-refractivity contribution is 6.31. The molecule has 1 amide bonds. The Morgan fingerprint density at radius 3 is 3.00 bits per heavy atom. The Kier molecular flexibility index (Phi) is 5.75. The lowest BCUT2D eigenvalue weighted by atomic mass is 10.2. The Morgan fingerprint density at radius 2 is 2.39 bits per heavy atom. The Hall–Kier alpha value is -1.90. The number of nitrogens with zero attached hydrogens (tertiary/aromatic N) is 1. The van der Waals surface area contributed by atoms with Gasteiger partial charge in [-0.2, -0.15) is 0 Å². The van der Waals surface area contributed by atoms with Gasteiger partial charge in [0.25, 0.3) is 11.6 Å². The summed E-state index contributed by atoms with van der Waals surface area (Å²) in [6, 6.07) is 2.48. The normalized spacial score (nSPS) is 18.6. The fourth-order valence-electron chi connectivity index (χ4n) is 2.20. The summed E-state index contributed by atoms with van der Waals surface area (Å²) < 4.78 is 10.9. The number of halogens is 1. The molecule has 23 heavy (non-hydrogen) atoms. The van der Waals surface area contributed by atoms with Crippen molar-refractivity contribution in [2.75, 3.05) is 24.3 Å². The van der Waals surface area contributed by atoms with Crippen molar-refractivity contribution in [2.45, 2.75) is 32.0 Å². The van der Waals surface area contributed by atoms with Crippen molar-refractivity contribution in [1.29, 1.82) is 0 Å². The van der Waals surface area contributed by atoms with Crippen LogP contribution in [0.1, 0.15) is 19.8 Å². The highest BCUT2D eigenvalue weighted by atomic mass is 35.5. The molecular weight excluding hydrogens is 326 g/mol. The van der Waals surface area contributed by atoms with Crippen LogP contribution in [0.2, 0.25) is 5.02 Å². The van der Waals surface area contributed by atoms with Crippen molar-refractivity contribution in [3.05, 3.63) is 27.3 Å². The number of carbonyl (C=O) groups excluding carboxylic acids is 1. The molecule has 2 rings (SSSR count). The van der Waals surface area contributed by atoms with Gasteiger partial charge in [0.15, 0.2) is 0 Å². The molecule has 1 aromatic carbocycles. The molecule has 0 bridgehead atoms.